The van der Waals surface area contributed by atoms with Crippen LogP contribution < -0.4 is 0 Å². The van der Waals surface area contributed by atoms with Gasteiger partial charge in [-0.25, -0.2) is 0 Å². The van der Waals surface area contributed by atoms with E-state index in [1.165, 1.54) is 13.8 Å². The Balaban J connectivity index is 5.02. The van der Waals surface area contributed by atoms with E-state index in [9.17, 15) is 14.2 Å². The third kappa shape index (κ3) is 9.71. The zero-order chi connectivity index (χ0) is 17.9. The van der Waals surface area contributed by atoms with Gasteiger partial charge in [-0.05, 0) is 20.8 Å². The van der Waals surface area contributed by atoms with Crippen molar-refractivity contribution in [2.45, 2.75) is 53.4 Å². The van der Waals surface area contributed by atoms with Crippen molar-refractivity contribution in [1.29, 1.82) is 0 Å². The molecule has 2 atom stereocenters. The second kappa shape index (κ2) is 11.6. The minimum Gasteiger partial charge on any atom is -0.456 e. The van der Waals surface area contributed by atoms with E-state index in [1.54, 1.807) is 20.8 Å². The summed E-state index contributed by atoms with van der Waals surface area (Å²) in [6, 6.07) is 0. The van der Waals surface area contributed by atoms with E-state index in [0.29, 0.717) is 0 Å². The Labute approximate surface area is 137 Å². The molecule has 0 aromatic heterocycles. The molecular weight excluding hydrogens is 327 g/mol. The van der Waals surface area contributed by atoms with Crippen molar-refractivity contribution >= 4 is 19.5 Å². The molecule has 0 bridgehead atoms. The lowest BCUT2D eigenvalue weighted by Gasteiger charge is -2.27. The van der Waals surface area contributed by atoms with Gasteiger partial charge in [-0.2, -0.15) is 0 Å². The van der Waals surface area contributed by atoms with Gasteiger partial charge in [-0.3, -0.25) is 14.2 Å². The maximum absolute atomic E-state index is 12.5. The molecule has 23 heavy (non-hydrogen) atoms. The van der Waals surface area contributed by atoms with Crippen LogP contribution in [0.2, 0.25) is 0 Å². The lowest BCUT2D eigenvalue weighted by atomic mass is 10.2. The summed E-state index contributed by atoms with van der Waals surface area (Å²) < 4.78 is 38.3. The van der Waals surface area contributed by atoms with Gasteiger partial charge >= 0.3 is 19.5 Å². The Morgan fingerprint density at radius 1 is 0.913 bits per heavy atom. The highest BCUT2D eigenvalue weighted by atomic mass is 31.2. The number of esters is 2. The maximum Gasteiger partial charge on any atom is 0.330 e. The first-order valence-corrected chi connectivity index (χ1v) is 9.34. The van der Waals surface area contributed by atoms with Crippen LogP contribution in [0.3, 0.4) is 0 Å². The largest absolute Gasteiger partial charge is 0.456 e. The van der Waals surface area contributed by atoms with Crippen molar-refractivity contribution in [2.24, 2.45) is 0 Å². The van der Waals surface area contributed by atoms with Gasteiger partial charge in [0, 0.05) is 26.9 Å². The quantitative estimate of drug-likeness (QED) is 0.299. The molecule has 0 heterocycles. The highest BCUT2D eigenvalue weighted by Gasteiger charge is 2.32. The van der Waals surface area contributed by atoms with Crippen molar-refractivity contribution in [3.8, 4) is 0 Å². The molecular formula is C14H27O8P. The van der Waals surface area contributed by atoms with Gasteiger partial charge in [0.15, 0.2) is 6.10 Å². The Bertz CT molecular complexity index is 402. The normalized spacial score (nSPS) is 14.1. The minimum absolute atomic E-state index is 0.0114. The number of rotatable bonds is 12. The van der Waals surface area contributed by atoms with Crippen LogP contribution in [0.4, 0.5) is 0 Å². The topological polar surface area (TPSA) is 97.4 Å². The van der Waals surface area contributed by atoms with Crippen molar-refractivity contribution in [3.63, 3.8) is 0 Å². The molecule has 0 amide bonds. The molecule has 0 aliphatic rings. The Morgan fingerprint density at radius 2 is 1.43 bits per heavy atom. The number of carbonyl (C=O) groups is 2. The molecule has 0 aliphatic carbocycles. The highest BCUT2D eigenvalue weighted by Crippen LogP contribution is 2.49. The summed E-state index contributed by atoms with van der Waals surface area (Å²) in [7, 11) is -3.30. The van der Waals surface area contributed by atoms with E-state index in [1.807, 2.05) is 0 Å². The summed E-state index contributed by atoms with van der Waals surface area (Å²) in [5.41, 5.74) is 0. The van der Waals surface area contributed by atoms with Crippen LogP contribution in [0, 0.1) is 0 Å². The predicted molar refractivity (Wildman–Crippen MR) is 83.1 cm³/mol. The van der Waals surface area contributed by atoms with E-state index in [2.05, 4.69) is 0 Å². The van der Waals surface area contributed by atoms with Crippen LogP contribution in [0.1, 0.15) is 41.0 Å². The molecule has 0 radical (unpaired) electrons. The summed E-state index contributed by atoms with van der Waals surface area (Å²) in [5, 5.41) is 0. The van der Waals surface area contributed by atoms with E-state index >= 15 is 0 Å². The molecule has 0 aliphatic heterocycles. The molecule has 8 nitrogen and oxygen atoms in total. The fraction of sp³-hybridized carbons (Fsp3) is 0.857. The molecule has 9 heteroatoms. The molecule has 0 aromatic rings. The van der Waals surface area contributed by atoms with Crippen molar-refractivity contribution in [1.82, 2.24) is 0 Å². The summed E-state index contributed by atoms with van der Waals surface area (Å²) in [4.78, 5) is 22.5. The number of hydrogen-bond acceptors (Lipinski definition) is 8. The fourth-order valence-electron chi connectivity index (χ4n) is 1.85. The van der Waals surface area contributed by atoms with Crippen LogP contribution in [0.5, 0.6) is 0 Å². The van der Waals surface area contributed by atoms with Gasteiger partial charge < -0.3 is 23.3 Å². The number of carbonyl (C=O) groups excluding carboxylic acids is 2. The monoisotopic (exact) mass is 354 g/mol. The number of hydrogen-bond donors (Lipinski definition) is 0. The molecule has 0 saturated carbocycles. The zero-order valence-electron chi connectivity index (χ0n) is 14.4. The summed E-state index contributed by atoms with van der Waals surface area (Å²) in [6.45, 7) is 8.30. The van der Waals surface area contributed by atoms with Crippen LogP contribution >= 0.6 is 7.60 Å². The second-order valence-corrected chi connectivity index (χ2v) is 6.73. The Kier molecular flexibility index (Phi) is 11.1. The standard InChI is InChI=1S/C14H27O8P/c1-6-18-14(22-12(5)16)13(21-11(4)15)9-10-23(17,19-7-2)20-8-3/h13-14H,6-10H2,1-5H3/t13-,14+/m1/s1. The average Bonchev–Trinajstić information content (AvgIpc) is 2.43. The first-order chi connectivity index (χ1) is 10.8. The van der Waals surface area contributed by atoms with E-state index < -0.39 is 31.9 Å². The molecule has 0 saturated heterocycles. The van der Waals surface area contributed by atoms with Crippen LogP contribution in [0.25, 0.3) is 0 Å². The second-order valence-electron chi connectivity index (χ2n) is 4.54. The van der Waals surface area contributed by atoms with Crippen molar-refractivity contribution in [2.75, 3.05) is 26.0 Å². The van der Waals surface area contributed by atoms with Crippen molar-refractivity contribution < 1.29 is 37.4 Å². The van der Waals surface area contributed by atoms with E-state index in [-0.39, 0.29) is 32.4 Å². The molecule has 0 unspecified atom stereocenters. The Hall–Kier alpha value is -0.950. The molecule has 0 N–H and O–H groups in total. The van der Waals surface area contributed by atoms with Gasteiger partial charge in [0.05, 0.1) is 19.4 Å². The summed E-state index contributed by atoms with van der Waals surface area (Å²) in [6.07, 6.45) is -1.85. The molecule has 0 rings (SSSR count). The van der Waals surface area contributed by atoms with Gasteiger partial charge in [0.1, 0.15) is 0 Å². The van der Waals surface area contributed by atoms with Gasteiger partial charge in [-0.1, -0.05) is 0 Å². The van der Waals surface area contributed by atoms with Crippen LogP contribution in [-0.4, -0.2) is 50.3 Å². The lowest BCUT2D eigenvalue weighted by Crippen LogP contribution is -2.37. The third-order valence-corrected chi connectivity index (χ3v) is 4.68. The third-order valence-electron chi connectivity index (χ3n) is 2.57. The van der Waals surface area contributed by atoms with E-state index in [0.717, 1.165) is 0 Å². The average molecular weight is 354 g/mol. The van der Waals surface area contributed by atoms with Gasteiger partial charge in [0.2, 0.25) is 6.29 Å². The highest BCUT2D eigenvalue weighted by molar-refractivity contribution is 7.53. The molecule has 136 valence electrons. The first-order valence-electron chi connectivity index (χ1n) is 7.62. The lowest BCUT2D eigenvalue weighted by molar-refractivity contribution is -0.210. The predicted octanol–water partition coefficient (Wildman–Crippen LogP) is 2.50. The summed E-state index contributed by atoms with van der Waals surface area (Å²) >= 11 is 0. The van der Waals surface area contributed by atoms with Crippen LogP contribution in [0.15, 0.2) is 0 Å². The zero-order valence-corrected chi connectivity index (χ0v) is 15.3. The SMILES string of the molecule is CCO[C@@H](OC(C)=O)[C@@H](CCP(=O)(OCC)OCC)OC(C)=O. The fourth-order valence-corrected chi connectivity index (χ4v) is 3.54. The van der Waals surface area contributed by atoms with Crippen LogP contribution in [-0.2, 0) is 37.4 Å². The smallest absolute Gasteiger partial charge is 0.330 e. The van der Waals surface area contributed by atoms with E-state index in [4.69, 9.17) is 23.3 Å². The first kappa shape index (κ1) is 22.1. The van der Waals surface area contributed by atoms with Gasteiger partial charge in [-0.15, -0.1) is 0 Å². The Morgan fingerprint density at radius 3 is 1.83 bits per heavy atom. The molecule has 0 aromatic carbocycles. The van der Waals surface area contributed by atoms with Gasteiger partial charge in [0.25, 0.3) is 0 Å². The molecule has 0 spiro atoms. The maximum atomic E-state index is 12.5. The summed E-state index contributed by atoms with van der Waals surface area (Å²) in [5.74, 6) is -1.13. The van der Waals surface area contributed by atoms with Crippen molar-refractivity contribution in [3.05, 3.63) is 0 Å². The molecule has 0 fully saturated rings. The number of ether oxygens (including phenoxy) is 3. The minimum atomic E-state index is -3.30.